The van der Waals surface area contributed by atoms with Crippen LogP contribution in [-0.2, 0) is 0 Å². The molecule has 1 heterocycles. The highest BCUT2D eigenvalue weighted by molar-refractivity contribution is 6.19. The van der Waals surface area contributed by atoms with Crippen LogP contribution < -0.4 is 4.74 Å². The van der Waals surface area contributed by atoms with Crippen LogP contribution in [0.5, 0.6) is 5.75 Å². The van der Waals surface area contributed by atoms with Crippen LogP contribution in [0, 0.1) is 11.3 Å². The van der Waals surface area contributed by atoms with E-state index in [0.717, 1.165) is 12.1 Å². The fourth-order valence-corrected chi connectivity index (χ4v) is 2.53. The van der Waals surface area contributed by atoms with E-state index in [4.69, 9.17) is 0 Å². The summed E-state index contributed by atoms with van der Waals surface area (Å²) in [5.74, 6) is -1.08. The van der Waals surface area contributed by atoms with Gasteiger partial charge >= 0.3 is 6.36 Å². The molecule has 3 rings (SSSR count). The van der Waals surface area contributed by atoms with Crippen LogP contribution >= 0.6 is 0 Å². The number of ketones is 1. The molecule has 26 heavy (non-hydrogen) atoms. The zero-order chi connectivity index (χ0) is 18.7. The van der Waals surface area contributed by atoms with E-state index in [1.54, 1.807) is 30.3 Å². The molecule has 0 saturated carbocycles. The molecule has 0 saturated heterocycles. The monoisotopic (exact) mass is 356 g/mol. The third-order valence-electron chi connectivity index (χ3n) is 3.64. The smallest absolute Gasteiger partial charge is 0.405 e. The van der Waals surface area contributed by atoms with Crippen molar-refractivity contribution >= 4 is 22.8 Å². The van der Waals surface area contributed by atoms with Gasteiger partial charge in [0.05, 0.1) is 0 Å². The molecule has 130 valence electrons. The van der Waals surface area contributed by atoms with Gasteiger partial charge < -0.3 is 9.72 Å². The summed E-state index contributed by atoms with van der Waals surface area (Å²) in [5.41, 5.74) is 0.666. The van der Waals surface area contributed by atoms with Crippen molar-refractivity contribution in [3.63, 3.8) is 0 Å². The predicted octanol–water partition coefficient (Wildman–Crippen LogP) is 4.86. The third-order valence-corrected chi connectivity index (χ3v) is 3.64. The van der Waals surface area contributed by atoms with E-state index in [9.17, 15) is 23.2 Å². The Hall–Kier alpha value is -3.53. The average Bonchev–Trinajstić information content (AvgIpc) is 3.03. The lowest BCUT2D eigenvalue weighted by Crippen LogP contribution is -2.17. The van der Waals surface area contributed by atoms with Gasteiger partial charge in [0.2, 0.25) is 5.78 Å². The van der Waals surface area contributed by atoms with Crippen molar-refractivity contribution in [2.45, 2.75) is 6.36 Å². The number of H-pyrrole nitrogens is 1. The standard InChI is InChI=1S/C19H11F3N2O2/c20-19(21,22)26-17-8-4-1-5-12(17)9-13(10-23)18(25)15-11-24-16-7-3-2-6-14(15)16/h1-9,11,24H/b13-9+. The molecule has 0 spiro atoms. The quantitative estimate of drug-likeness (QED) is 0.413. The molecular weight excluding hydrogens is 345 g/mol. The summed E-state index contributed by atoms with van der Waals surface area (Å²) in [6.07, 6.45) is -2.32. The number of benzene rings is 2. The molecule has 0 radical (unpaired) electrons. The van der Waals surface area contributed by atoms with Gasteiger partial charge in [-0.05, 0) is 18.2 Å². The van der Waals surface area contributed by atoms with Crippen LogP contribution in [-0.4, -0.2) is 17.1 Å². The van der Waals surface area contributed by atoms with Crippen LogP contribution in [0.3, 0.4) is 0 Å². The predicted molar refractivity (Wildman–Crippen MR) is 89.3 cm³/mol. The molecule has 0 bridgehead atoms. The number of fused-ring (bicyclic) bond motifs is 1. The first-order valence-corrected chi connectivity index (χ1v) is 7.46. The zero-order valence-electron chi connectivity index (χ0n) is 13.2. The molecule has 0 unspecified atom stereocenters. The van der Waals surface area contributed by atoms with Crippen molar-refractivity contribution in [1.29, 1.82) is 5.26 Å². The first kappa shape index (κ1) is 17.3. The molecule has 1 N–H and O–H groups in total. The van der Waals surface area contributed by atoms with Crippen molar-refractivity contribution in [2.24, 2.45) is 0 Å². The highest BCUT2D eigenvalue weighted by atomic mass is 19.4. The Labute approximate surface area is 146 Å². The van der Waals surface area contributed by atoms with Gasteiger partial charge in [-0.25, -0.2) is 0 Å². The minimum absolute atomic E-state index is 0.0189. The van der Waals surface area contributed by atoms with Crippen LogP contribution in [0.4, 0.5) is 13.2 Å². The van der Waals surface area contributed by atoms with E-state index in [1.165, 1.54) is 24.4 Å². The fourth-order valence-electron chi connectivity index (χ4n) is 2.53. The molecule has 7 heteroatoms. The number of aromatic nitrogens is 1. The molecule has 0 aliphatic heterocycles. The second-order valence-electron chi connectivity index (χ2n) is 5.33. The highest BCUT2D eigenvalue weighted by Gasteiger charge is 2.32. The molecule has 1 aromatic heterocycles. The number of nitrogens with one attached hydrogen (secondary N) is 1. The molecule has 4 nitrogen and oxygen atoms in total. The van der Waals surface area contributed by atoms with Crippen LogP contribution in [0.2, 0.25) is 0 Å². The lowest BCUT2D eigenvalue weighted by atomic mass is 10.0. The molecular formula is C19H11F3N2O2. The van der Waals surface area contributed by atoms with Crippen molar-refractivity contribution in [1.82, 2.24) is 4.98 Å². The third kappa shape index (κ3) is 3.59. The maximum atomic E-state index is 12.7. The molecule has 0 aliphatic rings. The number of carbonyl (C=O) groups is 1. The number of halogens is 3. The number of nitrogens with zero attached hydrogens (tertiary/aromatic N) is 1. The second kappa shape index (κ2) is 6.76. The number of hydrogen-bond donors (Lipinski definition) is 1. The first-order chi connectivity index (χ1) is 12.4. The van der Waals surface area contributed by atoms with E-state index in [1.807, 2.05) is 0 Å². The summed E-state index contributed by atoms with van der Waals surface area (Å²) >= 11 is 0. The Balaban J connectivity index is 2.02. The summed E-state index contributed by atoms with van der Waals surface area (Å²) in [7, 11) is 0. The van der Waals surface area contributed by atoms with E-state index in [0.29, 0.717) is 10.9 Å². The topological polar surface area (TPSA) is 65.9 Å². The van der Waals surface area contributed by atoms with Crippen molar-refractivity contribution in [2.75, 3.05) is 0 Å². The largest absolute Gasteiger partial charge is 0.573 e. The average molecular weight is 356 g/mol. The van der Waals surface area contributed by atoms with Gasteiger partial charge in [-0.2, -0.15) is 5.26 Å². The summed E-state index contributed by atoms with van der Waals surface area (Å²) in [5, 5.41) is 9.96. The number of allylic oxidation sites excluding steroid dienone is 1. The number of aromatic amines is 1. The van der Waals surface area contributed by atoms with Crippen LogP contribution in [0.25, 0.3) is 17.0 Å². The maximum absolute atomic E-state index is 12.7. The van der Waals surface area contributed by atoms with Gasteiger partial charge in [0, 0.05) is 28.2 Å². The number of rotatable bonds is 4. The lowest BCUT2D eigenvalue weighted by Gasteiger charge is -2.11. The van der Waals surface area contributed by atoms with Crippen molar-refractivity contribution in [3.05, 3.63) is 71.4 Å². The van der Waals surface area contributed by atoms with Gasteiger partial charge in [-0.1, -0.05) is 36.4 Å². The fraction of sp³-hybridized carbons (Fsp3) is 0.0526. The summed E-state index contributed by atoms with van der Waals surface area (Å²) < 4.78 is 41.5. The number of carbonyl (C=O) groups excluding carboxylic acids is 1. The summed E-state index contributed by atoms with van der Waals surface area (Å²) in [4.78, 5) is 15.6. The van der Waals surface area contributed by atoms with E-state index in [-0.39, 0.29) is 16.7 Å². The Morgan fingerprint density at radius 3 is 2.54 bits per heavy atom. The lowest BCUT2D eigenvalue weighted by molar-refractivity contribution is -0.274. The number of hydrogen-bond acceptors (Lipinski definition) is 3. The zero-order valence-corrected chi connectivity index (χ0v) is 13.2. The number of Topliss-reactive ketones (excluding diaryl/α,β-unsaturated/α-hetero) is 1. The van der Waals surface area contributed by atoms with Crippen LogP contribution in [0.1, 0.15) is 15.9 Å². The number of alkyl halides is 3. The SMILES string of the molecule is N#C/C(=C\c1ccccc1OC(F)(F)F)C(=O)c1c[nH]c2ccccc12. The van der Waals surface area contributed by atoms with E-state index in [2.05, 4.69) is 9.72 Å². The van der Waals surface area contributed by atoms with Gasteiger partial charge in [-0.15, -0.1) is 13.2 Å². The van der Waals surface area contributed by atoms with Crippen molar-refractivity contribution in [3.8, 4) is 11.8 Å². The second-order valence-corrected chi connectivity index (χ2v) is 5.33. The van der Waals surface area contributed by atoms with Crippen molar-refractivity contribution < 1.29 is 22.7 Å². The van der Waals surface area contributed by atoms with Gasteiger partial charge in [0.15, 0.2) is 0 Å². The van der Waals surface area contributed by atoms with E-state index < -0.39 is 17.9 Å². The summed E-state index contributed by atoms with van der Waals surface area (Å²) in [6.45, 7) is 0. The van der Waals surface area contributed by atoms with Gasteiger partial charge in [0.1, 0.15) is 17.4 Å². The maximum Gasteiger partial charge on any atom is 0.573 e. The molecule has 2 aromatic carbocycles. The van der Waals surface area contributed by atoms with E-state index >= 15 is 0 Å². The highest BCUT2D eigenvalue weighted by Crippen LogP contribution is 2.29. The number of nitriles is 1. The number of para-hydroxylation sites is 2. The minimum Gasteiger partial charge on any atom is -0.405 e. The molecule has 0 atom stereocenters. The first-order valence-electron chi connectivity index (χ1n) is 7.46. The normalized spacial score (nSPS) is 12.0. The van der Waals surface area contributed by atoms with Crippen LogP contribution in [0.15, 0.2) is 60.3 Å². The van der Waals surface area contributed by atoms with Gasteiger partial charge in [-0.3, -0.25) is 4.79 Å². The Morgan fingerprint density at radius 2 is 1.81 bits per heavy atom. The Kier molecular flexibility index (Phi) is 4.50. The molecule has 0 aliphatic carbocycles. The molecule has 0 fully saturated rings. The summed E-state index contributed by atoms with van der Waals surface area (Å²) in [6, 6.07) is 14.1. The Bertz CT molecular complexity index is 1040. The Morgan fingerprint density at radius 1 is 1.12 bits per heavy atom. The number of ether oxygens (including phenoxy) is 1. The molecule has 0 amide bonds. The minimum atomic E-state index is -4.88. The molecule has 3 aromatic rings. The van der Waals surface area contributed by atoms with Gasteiger partial charge in [0.25, 0.3) is 0 Å².